The van der Waals surface area contributed by atoms with Gasteiger partial charge in [0.15, 0.2) is 0 Å². The Hall–Kier alpha value is -10.4. The third kappa shape index (κ3) is 10.5. The van der Waals surface area contributed by atoms with Crippen molar-refractivity contribution in [2.45, 2.75) is 0 Å². The predicted molar refractivity (Wildman–Crippen MR) is 330 cm³/mol. The molecule has 0 heterocycles. The number of hydrogen-bond acceptors (Lipinski definition) is 4. The van der Waals surface area contributed by atoms with Gasteiger partial charge in [0.05, 0.1) is 0 Å². The molecule has 0 spiro atoms. The summed E-state index contributed by atoms with van der Waals surface area (Å²) in [5.41, 5.74) is 19.3. The second-order valence-electron chi connectivity index (χ2n) is 19.0. The topological polar surface area (TPSA) is 13.0 Å². The zero-order chi connectivity index (χ0) is 52.3. The molecule has 4 nitrogen and oxygen atoms in total. The molecule has 0 aliphatic carbocycles. The van der Waals surface area contributed by atoms with E-state index >= 15 is 0 Å². The average molecular weight is 1000 g/mol. The number of hydrogen-bond donors (Lipinski definition) is 0. The van der Waals surface area contributed by atoms with Crippen molar-refractivity contribution in [2.24, 2.45) is 0 Å². The Kier molecular flexibility index (Phi) is 14.3. The standard InChI is InChI=1S/C74H56N4/c1-9-29-61(30-10-1)75(62-31-11-2-12-32-62)69-51-47-57(48-52-69)73(59-27-25-45-71(55-59)77(65-37-17-5-18-38-65)66-39-19-6-20-40-66)74(58-49-53-70(54-50-58)76(63-33-13-3-14-34-63)64-35-15-4-16-36-64)60-28-26-46-72(56-60)78(67-41-21-7-22-42-67)68-43-23-8-24-44-68/h1-56H. The number of anilines is 12. The molecule has 372 valence electrons. The third-order valence-electron chi connectivity index (χ3n) is 14.0. The van der Waals surface area contributed by atoms with Gasteiger partial charge in [-0.15, -0.1) is 0 Å². The van der Waals surface area contributed by atoms with Gasteiger partial charge in [-0.1, -0.05) is 194 Å². The van der Waals surface area contributed by atoms with Crippen molar-refractivity contribution in [1.82, 2.24) is 0 Å². The molecule has 0 N–H and O–H groups in total. The second-order valence-corrected chi connectivity index (χ2v) is 19.0. The summed E-state index contributed by atoms with van der Waals surface area (Å²) in [4.78, 5) is 9.33. The van der Waals surface area contributed by atoms with Crippen LogP contribution in [0, 0.1) is 0 Å². The normalized spacial score (nSPS) is 11.3. The van der Waals surface area contributed by atoms with Crippen molar-refractivity contribution in [3.63, 3.8) is 0 Å². The number of rotatable bonds is 16. The molecule has 12 aromatic rings. The van der Waals surface area contributed by atoms with Gasteiger partial charge in [-0.05, 0) is 179 Å². The van der Waals surface area contributed by atoms with Gasteiger partial charge in [-0.2, -0.15) is 0 Å². The molecular formula is C74H56N4. The fourth-order valence-electron chi connectivity index (χ4n) is 10.5. The highest BCUT2D eigenvalue weighted by Crippen LogP contribution is 2.45. The van der Waals surface area contributed by atoms with Crippen LogP contribution in [-0.2, 0) is 0 Å². The quantitative estimate of drug-likeness (QED) is 0.0894. The zero-order valence-electron chi connectivity index (χ0n) is 43.1. The Morgan fingerprint density at radius 3 is 0.538 bits per heavy atom. The zero-order valence-corrected chi connectivity index (χ0v) is 43.1. The van der Waals surface area contributed by atoms with E-state index < -0.39 is 0 Å². The first-order valence-corrected chi connectivity index (χ1v) is 26.5. The van der Waals surface area contributed by atoms with Crippen LogP contribution in [0.3, 0.4) is 0 Å². The molecule has 0 amide bonds. The summed E-state index contributed by atoms with van der Waals surface area (Å²) in [5.74, 6) is 0. The van der Waals surface area contributed by atoms with Gasteiger partial charge >= 0.3 is 0 Å². The SMILES string of the molecule is c1ccc(N(c2ccccc2)c2ccc(C(=C(c3ccc(N(c4ccccc4)c4ccccc4)cc3)c3cccc(N(c4ccccc4)c4ccccc4)c3)c3cccc(N(c4ccccc4)c4ccccc4)c3)cc2)cc1. The van der Waals surface area contributed by atoms with Crippen LogP contribution in [0.2, 0.25) is 0 Å². The molecule has 0 atom stereocenters. The van der Waals surface area contributed by atoms with Gasteiger partial charge in [0, 0.05) is 68.2 Å². The van der Waals surface area contributed by atoms with Gasteiger partial charge in [-0.25, -0.2) is 0 Å². The summed E-state index contributed by atoms with van der Waals surface area (Å²) in [6.45, 7) is 0. The van der Waals surface area contributed by atoms with E-state index in [1.165, 1.54) is 0 Å². The van der Waals surface area contributed by atoms with Crippen molar-refractivity contribution < 1.29 is 0 Å². The Bertz CT molecular complexity index is 3440. The molecule has 12 rings (SSSR count). The minimum absolute atomic E-state index is 1.04. The summed E-state index contributed by atoms with van der Waals surface area (Å²) < 4.78 is 0. The van der Waals surface area contributed by atoms with Gasteiger partial charge in [0.1, 0.15) is 0 Å². The highest BCUT2D eigenvalue weighted by Gasteiger charge is 2.23. The van der Waals surface area contributed by atoms with Crippen LogP contribution in [0.5, 0.6) is 0 Å². The molecule has 0 saturated carbocycles. The molecule has 0 saturated heterocycles. The smallest absolute Gasteiger partial charge is 0.0467 e. The van der Waals surface area contributed by atoms with Crippen LogP contribution in [0.1, 0.15) is 22.3 Å². The summed E-state index contributed by atoms with van der Waals surface area (Å²) in [5, 5.41) is 0. The molecular weight excluding hydrogens is 945 g/mol. The first-order chi connectivity index (χ1) is 38.7. The predicted octanol–water partition coefficient (Wildman–Crippen LogP) is 20.6. The van der Waals surface area contributed by atoms with Crippen molar-refractivity contribution in [3.05, 3.63) is 362 Å². The van der Waals surface area contributed by atoms with E-state index in [-0.39, 0.29) is 0 Å². The van der Waals surface area contributed by atoms with Crippen LogP contribution in [0.25, 0.3) is 11.1 Å². The van der Waals surface area contributed by atoms with Gasteiger partial charge in [-0.3, -0.25) is 0 Å². The first-order valence-electron chi connectivity index (χ1n) is 26.5. The van der Waals surface area contributed by atoms with Crippen LogP contribution < -0.4 is 19.6 Å². The lowest BCUT2D eigenvalue weighted by molar-refractivity contribution is 1.27. The van der Waals surface area contributed by atoms with Gasteiger partial charge in [0.2, 0.25) is 0 Å². The fourth-order valence-corrected chi connectivity index (χ4v) is 10.5. The Balaban J connectivity index is 1.12. The first kappa shape index (κ1) is 48.5. The molecule has 0 bridgehead atoms. The molecule has 4 heteroatoms. The van der Waals surface area contributed by atoms with E-state index in [2.05, 4.69) is 359 Å². The Morgan fingerprint density at radius 1 is 0.141 bits per heavy atom. The lowest BCUT2D eigenvalue weighted by Gasteiger charge is -2.28. The van der Waals surface area contributed by atoms with E-state index in [4.69, 9.17) is 0 Å². The highest BCUT2D eigenvalue weighted by atomic mass is 15.2. The van der Waals surface area contributed by atoms with Crippen LogP contribution in [0.15, 0.2) is 340 Å². The molecule has 12 aromatic carbocycles. The van der Waals surface area contributed by atoms with Crippen molar-refractivity contribution in [1.29, 1.82) is 0 Å². The maximum absolute atomic E-state index is 2.36. The molecule has 0 aliphatic rings. The summed E-state index contributed by atoms with van der Waals surface area (Å²) >= 11 is 0. The van der Waals surface area contributed by atoms with Gasteiger partial charge in [0.25, 0.3) is 0 Å². The van der Waals surface area contributed by atoms with E-state index in [9.17, 15) is 0 Å². The Morgan fingerprint density at radius 2 is 0.321 bits per heavy atom. The minimum atomic E-state index is 1.04. The monoisotopic (exact) mass is 1000 g/mol. The summed E-state index contributed by atoms with van der Waals surface area (Å²) in [6, 6.07) is 121. The maximum Gasteiger partial charge on any atom is 0.0467 e. The minimum Gasteiger partial charge on any atom is -0.311 e. The highest BCUT2D eigenvalue weighted by molar-refractivity contribution is 6.06. The van der Waals surface area contributed by atoms with Crippen molar-refractivity contribution in [3.8, 4) is 0 Å². The second kappa shape index (κ2) is 23.0. The molecule has 0 aliphatic heterocycles. The van der Waals surface area contributed by atoms with Gasteiger partial charge < -0.3 is 19.6 Å². The van der Waals surface area contributed by atoms with E-state index in [1.54, 1.807) is 0 Å². The number of para-hydroxylation sites is 8. The lowest BCUT2D eigenvalue weighted by Crippen LogP contribution is -2.11. The number of nitrogens with zero attached hydrogens (tertiary/aromatic N) is 4. The molecule has 78 heavy (non-hydrogen) atoms. The summed E-state index contributed by atoms with van der Waals surface area (Å²) in [6.07, 6.45) is 0. The fraction of sp³-hybridized carbons (Fsp3) is 0. The summed E-state index contributed by atoms with van der Waals surface area (Å²) in [7, 11) is 0. The van der Waals surface area contributed by atoms with Crippen molar-refractivity contribution in [2.75, 3.05) is 19.6 Å². The van der Waals surface area contributed by atoms with E-state index in [0.717, 1.165) is 102 Å². The maximum atomic E-state index is 2.36. The van der Waals surface area contributed by atoms with E-state index in [0.29, 0.717) is 0 Å². The Labute approximate surface area is 458 Å². The molecule has 0 radical (unpaired) electrons. The average Bonchev–Trinajstić information content (AvgIpc) is 3.59. The number of benzene rings is 12. The third-order valence-corrected chi connectivity index (χ3v) is 14.0. The molecule has 0 fully saturated rings. The van der Waals surface area contributed by atoms with Crippen LogP contribution in [-0.4, -0.2) is 0 Å². The van der Waals surface area contributed by atoms with Crippen molar-refractivity contribution >= 4 is 79.4 Å². The molecule has 0 unspecified atom stereocenters. The molecule has 0 aromatic heterocycles. The van der Waals surface area contributed by atoms with E-state index in [1.807, 2.05) is 0 Å². The van der Waals surface area contributed by atoms with Crippen LogP contribution in [0.4, 0.5) is 68.2 Å². The lowest BCUT2D eigenvalue weighted by atomic mass is 9.85. The van der Waals surface area contributed by atoms with Crippen LogP contribution >= 0.6 is 0 Å². The largest absolute Gasteiger partial charge is 0.311 e.